The zero-order valence-corrected chi connectivity index (χ0v) is 15.8. The van der Waals surface area contributed by atoms with Crippen LogP contribution in [0.15, 0.2) is 12.1 Å². The van der Waals surface area contributed by atoms with E-state index in [0.29, 0.717) is 40.5 Å². The van der Waals surface area contributed by atoms with Gasteiger partial charge >= 0.3 is 5.97 Å². The first-order valence-corrected chi connectivity index (χ1v) is 9.25. The van der Waals surface area contributed by atoms with Crippen molar-refractivity contribution in [1.82, 2.24) is 0 Å². The molecule has 0 heterocycles. The first-order valence-electron chi connectivity index (χ1n) is 8.87. The molecule has 0 spiro atoms. The summed E-state index contributed by atoms with van der Waals surface area (Å²) in [4.78, 5) is 24.2. The largest absolute Gasteiger partial charge is 0.495 e. The Hall–Kier alpha value is -1.95. The van der Waals surface area contributed by atoms with Gasteiger partial charge < -0.3 is 19.5 Å². The van der Waals surface area contributed by atoms with Crippen LogP contribution in [0.2, 0.25) is 5.02 Å². The second kappa shape index (κ2) is 8.16. The van der Waals surface area contributed by atoms with Gasteiger partial charge in [-0.2, -0.15) is 0 Å². The first kappa shape index (κ1) is 18.8. The van der Waals surface area contributed by atoms with Crippen LogP contribution in [0.4, 0.5) is 5.69 Å². The number of benzene rings is 1. The number of hydrogen-bond donors (Lipinski definition) is 1. The molecule has 2 aliphatic carbocycles. The molecule has 3 unspecified atom stereocenters. The number of nitrogens with one attached hydrogen (secondary N) is 1. The zero-order chi connectivity index (χ0) is 18.7. The fourth-order valence-electron chi connectivity index (χ4n) is 4.19. The van der Waals surface area contributed by atoms with E-state index in [0.717, 1.165) is 12.3 Å². The first-order chi connectivity index (χ1) is 12.5. The summed E-state index contributed by atoms with van der Waals surface area (Å²) in [6, 6.07) is 3.12. The van der Waals surface area contributed by atoms with Crippen LogP contribution in [0.1, 0.15) is 32.1 Å². The quantitative estimate of drug-likeness (QED) is 0.729. The van der Waals surface area contributed by atoms with Gasteiger partial charge in [0.1, 0.15) is 11.5 Å². The van der Waals surface area contributed by atoms with Crippen molar-refractivity contribution < 1.29 is 23.8 Å². The fourth-order valence-corrected chi connectivity index (χ4v) is 4.42. The molecule has 0 aromatic heterocycles. The number of ether oxygens (including phenoxy) is 3. The zero-order valence-electron chi connectivity index (χ0n) is 15.0. The molecule has 1 N–H and O–H groups in total. The molecule has 0 saturated heterocycles. The Morgan fingerprint density at radius 1 is 1.15 bits per heavy atom. The van der Waals surface area contributed by atoms with Gasteiger partial charge in [-0.1, -0.05) is 18.0 Å². The molecule has 0 aliphatic heterocycles. The highest BCUT2D eigenvalue weighted by molar-refractivity contribution is 6.32. The molecule has 1 aromatic rings. The van der Waals surface area contributed by atoms with E-state index in [1.54, 1.807) is 12.1 Å². The lowest BCUT2D eigenvalue weighted by atomic mass is 9.86. The number of methoxy groups -OCH3 is 2. The summed E-state index contributed by atoms with van der Waals surface area (Å²) in [7, 11) is 2.96. The van der Waals surface area contributed by atoms with Crippen LogP contribution < -0.4 is 14.8 Å². The van der Waals surface area contributed by atoms with E-state index in [1.807, 2.05) is 0 Å². The second-order valence-corrected chi connectivity index (χ2v) is 7.44. The van der Waals surface area contributed by atoms with E-state index in [-0.39, 0.29) is 12.6 Å². The van der Waals surface area contributed by atoms with Crippen molar-refractivity contribution in [3.8, 4) is 11.5 Å². The van der Waals surface area contributed by atoms with Gasteiger partial charge in [-0.3, -0.25) is 9.59 Å². The minimum Gasteiger partial charge on any atom is -0.495 e. The van der Waals surface area contributed by atoms with Crippen LogP contribution in [0, 0.1) is 17.8 Å². The van der Waals surface area contributed by atoms with Crippen LogP contribution in [0.25, 0.3) is 0 Å². The summed E-state index contributed by atoms with van der Waals surface area (Å²) in [5, 5.41) is 3.03. The SMILES string of the molecule is COc1cc(NC(=O)COC(=O)CC2CC3CCC2C3)c(OC)cc1Cl. The van der Waals surface area contributed by atoms with Crippen LogP contribution in [-0.2, 0) is 14.3 Å². The Balaban J connectivity index is 1.50. The highest BCUT2D eigenvalue weighted by Crippen LogP contribution is 2.49. The monoisotopic (exact) mass is 381 g/mol. The topological polar surface area (TPSA) is 73.9 Å². The van der Waals surface area contributed by atoms with Crippen LogP contribution in [0.5, 0.6) is 11.5 Å². The van der Waals surface area contributed by atoms with Crippen LogP contribution >= 0.6 is 11.6 Å². The summed E-state index contributed by atoms with van der Waals surface area (Å²) in [5.41, 5.74) is 0.405. The van der Waals surface area contributed by atoms with Crippen molar-refractivity contribution in [2.75, 3.05) is 26.1 Å². The Kier molecular flexibility index (Phi) is 5.91. The van der Waals surface area contributed by atoms with Crippen LogP contribution in [-0.4, -0.2) is 32.7 Å². The average Bonchev–Trinajstić information content (AvgIpc) is 3.24. The normalized spacial score (nSPS) is 23.6. The van der Waals surface area contributed by atoms with E-state index in [4.69, 9.17) is 25.8 Å². The van der Waals surface area contributed by atoms with E-state index in [1.165, 1.54) is 33.5 Å². The number of carbonyl (C=O) groups is 2. The number of anilines is 1. The average molecular weight is 382 g/mol. The Bertz CT molecular complexity index is 693. The third-order valence-corrected chi connectivity index (χ3v) is 5.72. The molecule has 3 rings (SSSR count). The lowest BCUT2D eigenvalue weighted by Crippen LogP contribution is -2.23. The molecule has 2 fully saturated rings. The summed E-state index contributed by atoms with van der Waals surface area (Å²) < 4.78 is 15.5. The smallest absolute Gasteiger partial charge is 0.306 e. The van der Waals surface area contributed by atoms with Gasteiger partial charge in [0, 0.05) is 18.6 Å². The Morgan fingerprint density at radius 2 is 1.92 bits per heavy atom. The van der Waals surface area contributed by atoms with Crippen molar-refractivity contribution in [3.05, 3.63) is 17.2 Å². The van der Waals surface area contributed by atoms with E-state index < -0.39 is 5.91 Å². The molecule has 3 atom stereocenters. The molecule has 6 nitrogen and oxygen atoms in total. The predicted octanol–water partition coefficient (Wildman–Crippen LogP) is 3.67. The molecule has 2 aliphatic rings. The van der Waals surface area contributed by atoms with Gasteiger partial charge in [0.2, 0.25) is 0 Å². The molecule has 1 aromatic carbocycles. The minimum absolute atomic E-state index is 0.307. The lowest BCUT2D eigenvalue weighted by Gasteiger charge is -2.20. The highest BCUT2D eigenvalue weighted by Gasteiger charge is 2.40. The lowest BCUT2D eigenvalue weighted by molar-refractivity contribution is -0.148. The number of esters is 1. The molecular formula is C19H24ClNO5. The number of carbonyl (C=O) groups excluding carboxylic acids is 2. The van der Waals surface area contributed by atoms with Crippen molar-refractivity contribution in [2.24, 2.45) is 17.8 Å². The molecule has 142 valence electrons. The molecule has 26 heavy (non-hydrogen) atoms. The van der Waals surface area contributed by atoms with Crippen molar-refractivity contribution in [1.29, 1.82) is 0 Å². The molecule has 0 radical (unpaired) electrons. The maximum atomic E-state index is 12.1. The van der Waals surface area contributed by atoms with Crippen LogP contribution in [0.3, 0.4) is 0 Å². The van der Waals surface area contributed by atoms with E-state index in [9.17, 15) is 9.59 Å². The molecular weight excluding hydrogens is 358 g/mol. The molecule has 1 amide bonds. The summed E-state index contributed by atoms with van der Waals surface area (Å²) in [6.45, 7) is -0.326. The van der Waals surface area contributed by atoms with Gasteiger partial charge in [0.05, 0.1) is 24.9 Å². The van der Waals surface area contributed by atoms with Gasteiger partial charge in [0.25, 0.3) is 5.91 Å². The second-order valence-electron chi connectivity index (χ2n) is 7.03. The molecule has 7 heteroatoms. The van der Waals surface area contributed by atoms with Gasteiger partial charge in [-0.25, -0.2) is 0 Å². The maximum absolute atomic E-state index is 12.1. The number of fused-ring (bicyclic) bond motifs is 2. The minimum atomic E-state index is -0.436. The van der Waals surface area contributed by atoms with Gasteiger partial charge in [-0.05, 0) is 37.0 Å². The standard InChI is InChI=1S/C19H24ClNO5/c1-24-16-9-15(17(25-2)8-14(16)20)21-18(22)10-26-19(23)7-13-6-11-3-4-12(13)5-11/h8-9,11-13H,3-7,10H2,1-2H3,(H,21,22). The molecule has 2 saturated carbocycles. The van der Waals surface area contributed by atoms with Crippen molar-refractivity contribution in [3.63, 3.8) is 0 Å². The highest BCUT2D eigenvalue weighted by atomic mass is 35.5. The fraction of sp³-hybridized carbons (Fsp3) is 0.579. The summed E-state index contributed by atoms with van der Waals surface area (Å²) in [5.74, 6) is 1.94. The van der Waals surface area contributed by atoms with Crippen molar-refractivity contribution >= 4 is 29.2 Å². The van der Waals surface area contributed by atoms with Crippen molar-refractivity contribution in [2.45, 2.75) is 32.1 Å². The summed E-state index contributed by atoms with van der Waals surface area (Å²) in [6.07, 6.45) is 5.29. The number of halogens is 1. The maximum Gasteiger partial charge on any atom is 0.306 e. The summed E-state index contributed by atoms with van der Waals surface area (Å²) >= 11 is 6.04. The van der Waals surface area contributed by atoms with Gasteiger partial charge in [-0.15, -0.1) is 0 Å². The third-order valence-electron chi connectivity index (χ3n) is 5.43. The van der Waals surface area contributed by atoms with E-state index in [2.05, 4.69) is 5.32 Å². The Labute approximate surface area is 158 Å². The predicted molar refractivity (Wildman–Crippen MR) is 97.7 cm³/mol. The van der Waals surface area contributed by atoms with E-state index >= 15 is 0 Å². The number of amides is 1. The third kappa shape index (κ3) is 4.23. The van der Waals surface area contributed by atoms with Gasteiger partial charge in [0.15, 0.2) is 6.61 Å². The number of rotatable bonds is 7. The number of hydrogen-bond acceptors (Lipinski definition) is 5. The Morgan fingerprint density at radius 3 is 2.54 bits per heavy atom. The molecule has 2 bridgehead atoms.